The topological polar surface area (TPSA) is 84.2 Å². The molecule has 0 saturated heterocycles. The largest absolute Gasteiger partial charge is 0.459 e. The number of furan rings is 1. The van der Waals surface area contributed by atoms with E-state index >= 15 is 0 Å². The maximum atomic E-state index is 11.9. The van der Waals surface area contributed by atoms with Crippen LogP contribution in [-0.2, 0) is 11.3 Å². The Morgan fingerprint density at radius 2 is 2.10 bits per heavy atom. The van der Waals surface area contributed by atoms with Crippen molar-refractivity contribution >= 4 is 11.8 Å². The molecule has 2 rings (SSSR count). The second-order valence-corrected chi connectivity index (χ2v) is 4.66. The number of amides is 2. The molecule has 2 heterocycles. The summed E-state index contributed by atoms with van der Waals surface area (Å²) in [5.41, 5.74) is 1.66. The highest BCUT2D eigenvalue weighted by atomic mass is 16.3. The van der Waals surface area contributed by atoms with Crippen molar-refractivity contribution in [2.45, 2.75) is 26.4 Å². The first-order valence-corrected chi connectivity index (χ1v) is 6.61. The minimum absolute atomic E-state index is 0.176. The molecule has 0 aliphatic rings. The van der Waals surface area contributed by atoms with Gasteiger partial charge in [-0.15, -0.1) is 0 Å². The number of carbonyl (C=O) groups excluding carboxylic acids is 2. The molecule has 2 N–H and O–H groups in total. The van der Waals surface area contributed by atoms with Gasteiger partial charge in [-0.25, -0.2) is 0 Å². The lowest BCUT2D eigenvalue weighted by Crippen LogP contribution is -2.44. The van der Waals surface area contributed by atoms with E-state index in [1.54, 1.807) is 13.0 Å². The van der Waals surface area contributed by atoms with Crippen LogP contribution < -0.4 is 10.6 Å². The number of aromatic nitrogens is 1. The van der Waals surface area contributed by atoms with E-state index in [-0.39, 0.29) is 11.7 Å². The van der Waals surface area contributed by atoms with Crippen molar-refractivity contribution in [1.82, 2.24) is 15.6 Å². The Labute approximate surface area is 122 Å². The number of hydrogen-bond donors (Lipinski definition) is 2. The minimum atomic E-state index is -0.660. The van der Waals surface area contributed by atoms with Crippen molar-refractivity contribution < 1.29 is 14.0 Å². The predicted molar refractivity (Wildman–Crippen MR) is 76.5 cm³/mol. The zero-order chi connectivity index (χ0) is 15.2. The number of nitrogens with zero attached hydrogens (tertiary/aromatic N) is 1. The van der Waals surface area contributed by atoms with Gasteiger partial charge in [0.25, 0.3) is 5.91 Å². The quantitative estimate of drug-likeness (QED) is 0.871. The third kappa shape index (κ3) is 4.17. The Bertz CT molecular complexity index is 623. The van der Waals surface area contributed by atoms with Crippen LogP contribution in [-0.4, -0.2) is 22.8 Å². The van der Waals surface area contributed by atoms with Crippen LogP contribution in [0.2, 0.25) is 0 Å². The monoisotopic (exact) mass is 287 g/mol. The standard InChI is InChI=1S/C15H17N3O3/c1-10-5-3-6-12(17-10)9-16-14(19)11(2)18-15(20)13-7-4-8-21-13/h3-8,11H,9H2,1-2H3,(H,16,19)(H,18,20). The molecule has 0 bridgehead atoms. The summed E-state index contributed by atoms with van der Waals surface area (Å²) in [6, 6.07) is 8.09. The zero-order valence-corrected chi connectivity index (χ0v) is 11.9. The summed E-state index contributed by atoms with van der Waals surface area (Å²) in [5.74, 6) is -0.524. The molecule has 110 valence electrons. The van der Waals surface area contributed by atoms with Crippen molar-refractivity contribution in [2.75, 3.05) is 0 Å². The molecule has 2 amide bonds. The summed E-state index contributed by atoms with van der Waals surface area (Å²) in [7, 11) is 0. The Morgan fingerprint density at radius 1 is 1.29 bits per heavy atom. The molecule has 2 aromatic rings. The van der Waals surface area contributed by atoms with Crippen molar-refractivity contribution in [3.63, 3.8) is 0 Å². The van der Waals surface area contributed by atoms with E-state index in [9.17, 15) is 9.59 Å². The SMILES string of the molecule is Cc1cccc(CNC(=O)C(C)NC(=O)c2ccco2)n1. The average Bonchev–Trinajstić information content (AvgIpc) is 2.99. The highest BCUT2D eigenvalue weighted by Gasteiger charge is 2.17. The summed E-state index contributed by atoms with van der Waals surface area (Å²) in [6.45, 7) is 3.82. The van der Waals surface area contributed by atoms with Crippen LogP contribution in [0.5, 0.6) is 0 Å². The van der Waals surface area contributed by atoms with Gasteiger partial charge in [0.05, 0.1) is 18.5 Å². The van der Waals surface area contributed by atoms with Crippen LogP contribution in [0.4, 0.5) is 0 Å². The van der Waals surface area contributed by atoms with E-state index in [0.717, 1.165) is 11.4 Å². The van der Waals surface area contributed by atoms with Gasteiger partial charge in [0.1, 0.15) is 6.04 Å². The van der Waals surface area contributed by atoms with Gasteiger partial charge in [0.2, 0.25) is 5.91 Å². The molecule has 0 aliphatic carbocycles. The van der Waals surface area contributed by atoms with E-state index in [4.69, 9.17) is 4.42 Å². The molecule has 0 saturated carbocycles. The summed E-state index contributed by atoms with van der Waals surface area (Å²) in [5, 5.41) is 5.29. The maximum absolute atomic E-state index is 11.9. The fraction of sp³-hybridized carbons (Fsp3) is 0.267. The van der Waals surface area contributed by atoms with Crippen LogP contribution in [0.25, 0.3) is 0 Å². The van der Waals surface area contributed by atoms with Gasteiger partial charge < -0.3 is 15.1 Å². The Hall–Kier alpha value is -2.63. The molecule has 0 aromatic carbocycles. The average molecular weight is 287 g/mol. The van der Waals surface area contributed by atoms with Crippen molar-refractivity contribution in [3.8, 4) is 0 Å². The maximum Gasteiger partial charge on any atom is 0.287 e. The number of aryl methyl sites for hydroxylation is 1. The van der Waals surface area contributed by atoms with Crippen LogP contribution in [0.1, 0.15) is 28.9 Å². The first kappa shape index (κ1) is 14.8. The minimum Gasteiger partial charge on any atom is -0.459 e. The van der Waals surface area contributed by atoms with Gasteiger partial charge >= 0.3 is 0 Å². The molecule has 6 nitrogen and oxygen atoms in total. The third-order valence-corrected chi connectivity index (χ3v) is 2.88. The summed E-state index contributed by atoms with van der Waals surface area (Å²) in [4.78, 5) is 28.0. The second-order valence-electron chi connectivity index (χ2n) is 4.66. The fourth-order valence-electron chi connectivity index (χ4n) is 1.77. The zero-order valence-electron chi connectivity index (χ0n) is 11.9. The number of carbonyl (C=O) groups is 2. The molecule has 0 fully saturated rings. The molecule has 1 atom stereocenters. The van der Waals surface area contributed by atoms with Gasteiger partial charge in [0.15, 0.2) is 5.76 Å². The van der Waals surface area contributed by atoms with Gasteiger partial charge in [-0.05, 0) is 38.1 Å². The molecule has 0 aliphatic heterocycles. The van der Waals surface area contributed by atoms with Crippen molar-refractivity contribution in [3.05, 3.63) is 53.7 Å². The smallest absolute Gasteiger partial charge is 0.287 e. The Balaban J connectivity index is 1.84. The van der Waals surface area contributed by atoms with E-state index in [1.165, 1.54) is 12.3 Å². The summed E-state index contributed by atoms with van der Waals surface area (Å²) < 4.78 is 4.96. The van der Waals surface area contributed by atoms with Crippen LogP contribution in [0.15, 0.2) is 41.0 Å². The molecule has 1 unspecified atom stereocenters. The lowest BCUT2D eigenvalue weighted by molar-refractivity contribution is -0.122. The first-order chi connectivity index (χ1) is 10.1. The third-order valence-electron chi connectivity index (χ3n) is 2.88. The van der Waals surface area contributed by atoms with Gasteiger partial charge in [-0.1, -0.05) is 6.07 Å². The van der Waals surface area contributed by atoms with E-state index in [0.29, 0.717) is 6.54 Å². The van der Waals surface area contributed by atoms with E-state index in [2.05, 4.69) is 15.6 Å². The second kappa shape index (κ2) is 6.69. The summed E-state index contributed by atoms with van der Waals surface area (Å²) >= 11 is 0. The Morgan fingerprint density at radius 3 is 2.76 bits per heavy atom. The number of rotatable bonds is 5. The van der Waals surface area contributed by atoms with Gasteiger partial charge in [-0.3, -0.25) is 14.6 Å². The van der Waals surface area contributed by atoms with Crippen LogP contribution >= 0.6 is 0 Å². The number of nitrogens with one attached hydrogen (secondary N) is 2. The van der Waals surface area contributed by atoms with E-state index in [1.807, 2.05) is 25.1 Å². The molecular formula is C15H17N3O3. The molecule has 2 aromatic heterocycles. The molecule has 0 radical (unpaired) electrons. The first-order valence-electron chi connectivity index (χ1n) is 6.61. The lowest BCUT2D eigenvalue weighted by atomic mass is 10.2. The van der Waals surface area contributed by atoms with Crippen molar-refractivity contribution in [2.24, 2.45) is 0 Å². The van der Waals surface area contributed by atoms with Gasteiger partial charge in [-0.2, -0.15) is 0 Å². The number of hydrogen-bond acceptors (Lipinski definition) is 4. The van der Waals surface area contributed by atoms with Gasteiger partial charge in [0, 0.05) is 5.69 Å². The predicted octanol–water partition coefficient (Wildman–Crippen LogP) is 1.42. The van der Waals surface area contributed by atoms with Crippen molar-refractivity contribution in [1.29, 1.82) is 0 Å². The number of pyridine rings is 1. The molecule has 0 spiro atoms. The molecule has 6 heteroatoms. The fourth-order valence-corrected chi connectivity index (χ4v) is 1.77. The molecule has 21 heavy (non-hydrogen) atoms. The molecular weight excluding hydrogens is 270 g/mol. The Kier molecular flexibility index (Phi) is 4.71. The highest BCUT2D eigenvalue weighted by molar-refractivity contribution is 5.95. The van der Waals surface area contributed by atoms with E-state index < -0.39 is 11.9 Å². The van der Waals surface area contributed by atoms with Crippen LogP contribution in [0.3, 0.4) is 0 Å². The van der Waals surface area contributed by atoms with Crippen LogP contribution in [0, 0.1) is 6.92 Å². The lowest BCUT2D eigenvalue weighted by Gasteiger charge is -2.13. The highest BCUT2D eigenvalue weighted by Crippen LogP contribution is 2.01. The summed E-state index contributed by atoms with van der Waals surface area (Å²) in [6.07, 6.45) is 1.41. The normalized spacial score (nSPS) is 11.7.